The summed E-state index contributed by atoms with van der Waals surface area (Å²) in [6, 6.07) is -0.692. The first-order valence-electron chi connectivity index (χ1n) is 28.3. The Hall–Kier alpha value is -1.14. The highest BCUT2D eigenvalue weighted by Gasteiger charge is 2.24. The number of aliphatic hydroxyl groups is 2. The van der Waals surface area contributed by atoms with E-state index in [1.165, 1.54) is 238 Å². The molecule has 6 heteroatoms. The van der Waals surface area contributed by atoms with Crippen molar-refractivity contribution in [2.24, 2.45) is 0 Å². The average Bonchev–Trinajstić information content (AvgIpc) is 3.26. The fourth-order valence-corrected chi connectivity index (χ4v) is 9.14. The summed E-state index contributed by atoms with van der Waals surface area (Å²) < 4.78 is 5.96. The SMILES string of the molecule is CCCCCCCCCCCCCCCCCC(CC(=O)NC(CO)C(O)CCCCCCCCCCCCCCCC)OC(=O)CCCCCCCCCCCCCCCC. The van der Waals surface area contributed by atoms with Crippen molar-refractivity contribution < 1.29 is 24.5 Å². The maximum atomic E-state index is 13.2. The number of rotatable bonds is 52. The van der Waals surface area contributed by atoms with Crippen molar-refractivity contribution in [1.82, 2.24) is 5.32 Å². The lowest BCUT2D eigenvalue weighted by molar-refractivity contribution is -0.151. The van der Waals surface area contributed by atoms with Crippen molar-refractivity contribution in [3.8, 4) is 0 Å². The third-order valence-corrected chi connectivity index (χ3v) is 13.4. The van der Waals surface area contributed by atoms with E-state index in [2.05, 4.69) is 26.1 Å². The summed E-state index contributed by atoms with van der Waals surface area (Å²) >= 11 is 0. The number of hydrogen-bond donors (Lipinski definition) is 3. The summed E-state index contributed by atoms with van der Waals surface area (Å²) in [7, 11) is 0. The van der Waals surface area contributed by atoms with Crippen molar-refractivity contribution in [2.45, 2.75) is 341 Å². The smallest absolute Gasteiger partial charge is 0.306 e. The van der Waals surface area contributed by atoms with E-state index < -0.39 is 18.2 Å². The van der Waals surface area contributed by atoms with E-state index in [9.17, 15) is 19.8 Å². The molecule has 0 heterocycles. The Morgan fingerprint density at radius 3 is 0.984 bits per heavy atom. The van der Waals surface area contributed by atoms with Crippen LogP contribution >= 0.6 is 0 Å². The van der Waals surface area contributed by atoms with E-state index in [0.29, 0.717) is 19.3 Å². The number of hydrogen-bond acceptors (Lipinski definition) is 5. The summed E-state index contributed by atoms with van der Waals surface area (Å²) in [5, 5.41) is 23.9. The Labute approximate surface area is 387 Å². The van der Waals surface area contributed by atoms with Crippen LogP contribution in [0.2, 0.25) is 0 Å². The van der Waals surface area contributed by atoms with E-state index in [0.717, 1.165) is 38.5 Å². The molecular formula is C56H111NO5. The number of carbonyl (C=O) groups excluding carboxylic acids is 2. The van der Waals surface area contributed by atoms with Crippen LogP contribution in [0.3, 0.4) is 0 Å². The number of ether oxygens (including phenoxy) is 1. The maximum Gasteiger partial charge on any atom is 0.306 e. The lowest BCUT2D eigenvalue weighted by Crippen LogP contribution is -2.46. The summed E-state index contributed by atoms with van der Waals surface area (Å²) in [5.41, 5.74) is 0. The average molecular weight is 879 g/mol. The molecule has 0 rings (SSSR count). The molecule has 3 atom stereocenters. The van der Waals surface area contributed by atoms with Gasteiger partial charge >= 0.3 is 5.97 Å². The van der Waals surface area contributed by atoms with Gasteiger partial charge in [0, 0.05) is 6.42 Å². The van der Waals surface area contributed by atoms with Crippen LogP contribution in [0.15, 0.2) is 0 Å². The van der Waals surface area contributed by atoms with Gasteiger partial charge in [0.15, 0.2) is 0 Å². The maximum absolute atomic E-state index is 13.2. The van der Waals surface area contributed by atoms with Crippen molar-refractivity contribution in [2.75, 3.05) is 6.61 Å². The van der Waals surface area contributed by atoms with Gasteiger partial charge in [-0.25, -0.2) is 0 Å². The minimum atomic E-state index is -0.779. The molecule has 0 saturated carbocycles. The van der Waals surface area contributed by atoms with Crippen LogP contribution in [0, 0.1) is 0 Å². The predicted octanol–water partition coefficient (Wildman–Crippen LogP) is 17.1. The quantitative estimate of drug-likeness (QED) is 0.0418. The molecule has 370 valence electrons. The zero-order chi connectivity index (χ0) is 45.2. The molecule has 6 nitrogen and oxygen atoms in total. The van der Waals surface area contributed by atoms with Crippen LogP contribution in [-0.2, 0) is 14.3 Å². The minimum absolute atomic E-state index is 0.0885. The standard InChI is InChI=1S/C56H111NO5/c1-4-7-10-13-16-19-22-25-28-29-32-35-38-41-44-47-52(62-56(61)49-46-43-40-37-34-31-27-24-21-18-15-12-9-6-3)50-55(60)57-53(51-58)54(59)48-45-42-39-36-33-30-26-23-20-17-14-11-8-5-2/h52-54,58-59H,4-51H2,1-3H3,(H,57,60). The normalized spacial score (nSPS) is 13.0. The second kappa shape index (κ2) is 50.9. The number of unbranched alkanes of at least 4 members (excludes halogenated alkanes) is 40. The first-order valence-corrected chi connectivity index (χ1v) is 28.3. The molecule has 0 bridgehead atoms. The number of nitrogens with one attached hydrogen (secondary N) is 1. The van der Waals surface area contributed by atoms with Crippen LogP contribution in [-0.4, -0.2) is 46.9 Å². The van der Waals surface area contributed by atoms with Gasteiger partial charge in [0.05, 0.1) is 25.2 Å². The lowest BCUT2D eigenvalue weighted by Gasteiger charge is -2.24. The zero-order valence-electron chi connectivity index (χ0n) is 42.3. The van der Waals surface area contributed by atoms with Gasteiger partial charge in [0.1, 0.15) is 6.10 Å². The first-order chi connectivity index (χ1) is 30.5. The van der Waals surface area contributed by atoms with Gasteiger partial charge < -0.3 is 20.3 Å². The largest absolute Gasteiger partial charge is 0.462 e. The summed E-state index contributed by atoms with van der Waals surface area (Å²) in [4.78, 5) is 26.2. The van der Waals surface area contributed by atoms with Gasteiger partial charge in [-0.2, -0.15) is 0 Å². The Morgan fingerprint density at radius 2 is 0.677 bits per heavy atom. The van der Waals surface area contributed by atoms with Crippen LogP contribution in [0.4, 0.5) is 0 Å². The van der Waals surface area contributed by atoms with Gasteiger partial charge in [0.2, 0.25) is 5.91 Å². The first kappa shape index (κ1) is 60.9. The molecule has 62 heavy (non-hydrogen) atoms. The number of amides is 1. The fraction of sp³-hybridized carbons (Fsp3) is 0.964. The molecule has 3 N–H and O–H groups in total. The van der Waals surface area contributed by atoms with Crippen LogP contribution in [0.1, 0.15) is 323 Å². The summed E-state index contributed by atoms with van der Waals surface area (Å²) in [5.74, 6) is -0.446. The van der Waals surface area contributed by atoms with E-state index in [1.54, 1.807) is 0 Å². The molecule has 0 aliphatic heterocycles. The highest BCUT2D eigenvalue weighted by atomic mass is 16.5. The number of esters is 1. The van der Waals surface area contributed by atoms with Gasteiger partial charge in [-0.1, -0.05) is 284 Å². The molecule has 0 aliphatic carbocycles. The van der Waals surface area contributed by atoms with E-state index in [4.69, 9.17) is 4.74 Å². The molecule has 0 spiro atoms. The molecule has 0 aromatic carbocycles. The van der Waals surface area contributed by atoms with Crippen LogP contribution < -0.4 is 5.32 Å². The van der Waals surface area contributed by atoms with Crippen LogP contribution in [0.5, 0.6) is 0 Å². The minimum Gasteiger partial charge on any atom is -0.462 e. The molecule has 3 unspecified atom stereocenters. The highest BCUT2D eigenvalue weighted by molar-refractivity contribution is 5.77. The van der Waals surface area contributed by atoms with Crippen LogP contribution in [0.25, 0.3) is 0 Å². The topological polar surface area (TPSA) is 95.9 Å². The Bertz CT molecular complexity index is 898. The van der Waals surface area contributed by atoms with Crippen molar-refractivity contribution in [1.29, 1.82) is 0 Å². The summed E-state index contributed by atoms with van der Waals surface area (Å²) in [6.07, 6.45) is 55.9. The Balaban J connectivity index is 4.50. The second-order valence-corrected chi connectivity index (χ2v) is 19.7. The highest BCUT2D eigenvalue weighted by Crippen LogP contribution is 2.19. The molecule has 0 radical (unpaired) electrons. The van der Waals surface area contributed by atoms with Gasteiger partial charge in [-0.15, -0.1) is 0 Å². The number of aliphatic hydroxyl groups excluding tert-OH is 2. The van der Waals surface area contributed by atoms with Crippen molar-refractivity contribution in [3.05, 3.63) is 0 Å². The van der Waals surface area contributed by atoms with E-state index in [1.807, 2.05) is 0 Å². The second-order valence-electron chi connectivity index (χ2n) is 19.7. The Morgan fingerprint density at radius 1 is 0.403 bits per heavy atom. The molecular weight excluding hydrogens is 767 g/mol. The fourth-order valence-electron chi connectivity index (χ4n) is 9.14. The monoisotopic (exact) mass is 878 g/mol. The van der Waals surface area contributed by atoms with E-state index in [-0.39, 0.29) is 24.9 Å². The van der Waals surface area contributed by atoms with Crippen molar-refractivity contribution >= 4 is 11.9 Å². The van der Waals surface area contributed by atoms with Crippen molar-refractivity contribution in [3.63, 3.8) is 0 Å². The molecule has 0 saturated heterocycles. The predicted molar refractivity (Wildman–Crippen MR) is 269 cm³/mol. The molecule has 0 fully saturated rings. The molecule has 0 aromatic rings. The molecule has 0 aliphatic rings. The van der Waals surface area contributed by atoms with E-state index >= 15 is 0 Å². The summed E-state index contributed by atoms with van der Waals surface area (Å²) in [6.45, 7) is 6.53. The lowest BCUT2D eigenvalue weighted by atomic mass is 10.0. The molecule has 1 amide bonds. The van der Waals surface area contributed by atoms with Gasteiger partial charge in [0.25, 0.3) is 0 Å². The zero-order valence-corrected chi connectivity index (χ0v) is 42.3. The number of carbonyl (C=O) groups is 2. The van der Waals surface area contributed by atoms with Gasteiger partial charge in [-0.05, 0) is 25.7 Å². The third kappa shape index (κ3) is 45.4. The van der Waals surface area contributed by atoms with Gasteiger partial charge in [-0.3, -0.25) is 9.59 Å². The Kier molecular flexibility index (Phi) is 49.9. The third-order valence-electron chi connectivity index (χ3n) is 13.4. The molecule has 0 aromatic heterocycles.